The number of alkyl halides is 3. The Morgan fingerprint density at radius 1 is 1.03 bits per heavy atom. The molecule has 0 N–H and O–H groups in total. The van der Waals surface area contributed by atoms with Gasteiger partial charge in [-0.25, -0.2) is 0 Å². The van der Waals surface area contributed by atoms with Crippen LogP contribution in [0.4, 0.5) is 13.2 Å². The van der Waals surface area contributed by atoms with Crippen molar-refractivity contribution in [3.8, 4) is 5.75 Å². The molecule has 34 heavy (non-hydrogen) atoms. The van der Waals surface area contributed by atoms with Crippen LogP contribution in [0.5, 0.6) is 5.75 Å². The summed E-state index contributed by atoms with van der Waals surface area (Å²) in [5, 5.41) is 0. The summed E-state index contributed by atoms with van der Waals surface area (Å²) in [5.74, 6) is -0.788. The number of amides is 1. The molecule has 0 aliphatic heterocycles. The van der Waals surface area contributed by atoms with Crippen molar-refractivity contribution in [1.82, 2.24) is 4.90 Å². The van der Waals surface area contributed by atoms with Crippen molar-refractivity contribution < 1.29 is 40.1 Å². The maximum absolute atomic E-state index is 12.9. The molecule has 186 valence electrons. The van der Waals surface area contributed by atoms with E-state index < -0.39 is 32.7 Å². The van der Waals surface area contributed by atoms with Gasteiger partial charge in [0.05, 0.1) is 18.6 Å². The Balaban J connectivity index is 2.09. The highest BCUT2D eigenvalue weighted by Crippen LogP contribution is 2.31. The third-order valence-electron chi connectivity index (χ3n) is 4.72. The fraction of sp³-hybridized carbons (Fsp3) is 0.391. The van der Waals surface area contributed by atoms with Gasteiger partial charge in [-0.15, -0.1) is 0 Å². The van der Waals surface area contributed by atoms with Gasteiger partial charge in [0.15, 0.2) is 0 Å². The fourth-order valence-electron chi connectivity index (χ4n) is 2.99. The van der Waals surface area contributed by atoms with Crippen molar-refractivity contribution in [3.05, 3.63) is 59.7 Å². The monoisotopic (exact) mass is 501 g/mol. The minimum Gasteiger partial charge on any atom is -0.466 e. The molecule has 1 amide bonds. The molecule has 11 heteroatoms. The highest BCUT2D eigenvalue weighted by Gasteiger charge is 2.32. The molecule has 0 heterocycles. The zero-order valence-electron chi connectivity index (χ0n) is 19.0. The average molecular weight is 502 g/mol. The van der Waals surface area contributed by atoms with Gasteiger partial charge in [-0.2, -0.15) is 21.6 Å². The quantitative estimate of drug-likeness (QED) is 0.350. The Kier molecular flexibility index (Phi) is 9.08. The molecule has 0 fully saturated rings. The molecule has 0 radical (unpaired) electrons. The van der Waals surface area contributed by atoms with Crippen molar-refractivity contribution in [1.29, 1.82) is 0 Å². The maximum atomic E-state index is 12.9. The zero-order valence-corrected chi connectivity index (χ0v) is 19.8. The van der Waals surface area contributed by atoms with Crippen molar-refractivity contribution >= 4 is 22.0 Å². The molecule has 7 nitrogen and oxygen atoms in total. The number of ether oxygens (including phenoxy) is 1. The van der Waals surface area contributed by atoms with Crippen LogP contribution in [0, 0.1) is 0 Å². The van der Waals surface area contributed by atoms with Crippen molar-refractivity contribution in [2.75, 3.05) is 6.61 Å². The van der Waals surface area contributed by atoms with Crippen LogP contribution in [-0.4, -0.2) is 37.8 Å². The van der Waals surface area contributed by atoms with E-state index in [1.807, 2.05) is 13.8 Å². The van der Waals surface area contributed by atoms with Crippen LogP contribution < -0.4 is 4.18 Å². The van der Waals surface area contributed by atoms with E-state index in [1.165, 1.54) is 12.1 Å². The highest BCUT2D eigenvalue weighted by molar-refractivity contribution is 7.87. The van der Waals surface area contributed by atoms with Gasteiger partial charge in [0.1, 0.15) is 10.6 Å². The molecule has 2 rings (SSSR count). The Morgan fingerprint density at radius 3 is 2.24 bits per heavy atom. The zero-order chi connectivity index (χ0) is 25.5. The summed E-state index contributed by atoms with van der Waals surface area (Å²) in [5.41, 5.74) is -0.434. The number of hydrogen-bond acceptors (Lipinski definition) is 6. The number of halogens is 3. The summed E-state index contributed by atoms with van der Waals surface area (Å²) < 4.78 is 73.3. The second-order valence-electron chi connectivity index (χ2n) is 7.63. The van der Waals surface area contributed by atoms with Crippen molar-refractivity contribution in [2.45, 2.75) is 57.3 Å². The molecule has 0 aromatic heterocycles. The molecule has 0 bridgehead atoms. The minimum atomic E-state index is -4.69. The molecule has 0 aliphatic rings. The van der Waals surface area contributed by atoms with Crippen LogP contribution in [-0.2, 0) is 37.2 Å². The molecule has 0 saturated carbocycles. The van der Waals surface area contributed by atoms with Crippen LogP contribution in [0.25, 0.3) is 0 Å². The van der Waals surface area contributed by atoms with E-state index in [9.17, 15) is 31.2 Å². The standard InChI is InChI=1S/C23H26F3NO6S/c1-4-32-22(29)13-12-21(28)27(16(2)3)15-17-8-10-19(11-9-17)33-34(30,31)20-7-5-6-18(14-20)23(24,25)26/h5-11,14,16H,4,12-13,15H2,1-3H3. The van der Waals surface area contributed by atoms with E-state index in [2.05, 4.69) is 0 Å². The van der Waals surface area contributed by atoms with Crippen LogP contribution in [0.15, 0.2) is 53.4 Å². The van der Waals surface area contributed by atoms with Gasteiger partial charge in [0, 0.05) is 19.0 Å². The Morgan fingerprint density at radius 2 is 1.68 bits per heavy atom. The largest absolute Gasteiger partial charge is 0.466 e. The first kappa shape index (κ1) is 27.2. The predicted molar refractivity (Wildman–Crippen MR) is 117 cm³/mol. The summed E-state index contributed by atoms with van der Waals surface area (Å²) in [6.07, 6.45) is -4.73. The normalized spacial score (nSPS) is 11.9. The Labute approximate surface area is 196 Å². The molecule has 2 aromatic carbocycles. The molecule has 2 aromatic rings. The van der Waals surface area contributed by atoms with Gasteiger partial charge in [0.2, 0.25) is 5.91 Å². The molecule has 0 spiro atoms. The number of nitrogens with zero attached hydrogens (tertiary/aromatic N) is 1. The Bertz CT molecular complexity index is 1100. The van der Waals surface area contributed by atoms with Gasteiger partial charge >= 0.3 is 22.3 Å². The summed E-state index contributed by atoms with van der Waals surface area (Å²) in [7, 11) is -4.49. The molecule has 0 saturated heterocycles. The maximum Gasteiger partial charge on any atom is 0.416 e. The van der Waals surface area contributed by atoms with E-state index in [0.717, 1.165) is 18.2 Å². The first-order chi connectivity index (χ1) is 15.8. The van der Waals surface area contributed by atoms with E-state index in [4.69, 9.17) is 8.92 Å². The summed E-state index contributed by atoms with van der Waals surface area (Å²) >= 11 is 0. The predicted octanol–water partition coefficient (Wildman–Crippen LogP) is 4.55. The van der Waals surface area contributed by atoms with Gasteiger partial charge < -0.3 is 13.8 Å². The lowest BCUT2D eigenvalue weighted by atomic mass is 10.1. The van der Waals surface area contributed by atoms with Gasteiger partial charge in [-0.3, -0.25) is 9.59 Å². The van der Waals surface area contributed by atoms with E-state index in [-0.39, 0.29) is 43.7 Å². The Hall–Kier alpha value is -3.08. The second kappa shape index (κ2) is 11.4. The lowest BCUT2D eigenvalue weighted by Crippen LogP contribution is -2.36. The average Bonchev–Trinajstić information content (AvgIpc) is 2.76. The number of hydrogen-bond donors (Lipinski definition) is 0. The number of esters is 1. The van der Waals surface area contributed by atoms with E-state index in [0.29, 0.717) is 11.6 Å². The van der Waals surface area contributed by atoms with Crippen LogP contribution in [0.3, 0.4) is 0 Å². The van der Waals surface area contributed by atoms with E-state index >= 15 is 0 Å². The van der Waals surface area contributed by atoms with Crippen LogP contribution >= 0.6 is 0 Å². The van der Waals surface area contributed by atoms with Gasteiger partial charge in [0.25, 0.3) is 0 Å². The lowest BCUT2D eigenvalue weighted by Gasteiger charge is -2.27. The van der Waals surface area contributed by atoms with Crippen molar-refractivity contribution in [2.24, 2.45) is 0 Å². The molecular weight excluding hydrogens is 475 g/mol. The molecule has 0 aliphatic carbocycles. The number of rotatable bonds is 10. The molecular formula is C23H26F3NO6S. The molecule has 0 unspecified atom stereocenters. The fourth-order valence-corrected chi connectivity index (χ4v) is 3.97. The smallest absolute Gasteiger partial charge is 0.416 e. The minimum absolute atomic E-state index is 0.00651. The first-order valence-electron chi connectivity index (χ1n) is 10.5. The number of carbonyl (C=O) groups excluding carboxylic acids is 2. The molecule has 0 atom stereocenters. The summed E-state index contributed by atoms with van der Waals surface area (Å²) in [6.45, 7) is 5.76. The van der Waals surface area contributed by atoms with Gasteiger partial charge in [-0.05, 0) is 56.7 Å². The highest BCUT2D eigenvalue weighted by atomic mass is 32.2. The summed E-state index contributed by atoms with van der Waals surface area (Å²) in [6, 6.07) is 8.91. The van der Waals surface area contributed by atoms with E-state index in [1.54, 1.807) is 24.0 Å². The SMILES string of the molecule is CCOC(=O)CCC(=O)N(Cc1ccc(OS(=O)(=O)c2cccc(C(F)(F)F)c2)cc1)C(C)C. The third kappa shape index (κ3) is 7.75. The van der Waals surface area contributed by atoms with Crippen LogP contribution in [0.1, 0.15) is 44.7 Å². The first-order valence-corrected chi connectivity index (χ1v) is 11.9. The second-order valence-corrected chi connectivity index (χ2v) is 9.17. The van der Waals surface area contributed by atoms with Crippen molar-refractivity contribution in [3.63, 3.8) is 0 Å². The third-order valence-corrected chi connectivity index (χ3v) is 5.97. The van der Waals surface area contributed by atoms with Crippen LogP contribution in [0.2, 0.25) is 0 Å². The summed E-state index contributed by atoms with van der Waals surface area (Å²) in [4.78, 5) is 25.0. The van der Waals surface area contributed by atoms with Gasteiger partial charge in [-0.1, -0.05) is 18.2 Å². The topological polar surface area (TPSA) is 90.0 Å². The number of benzene rings is 2. The lowest BCUT2D eigenvalue weighted by molar-refractivity contribution is -0.146. The number of carbonyl (C=O) groups is 2.